The zero-order chi connectivity index (χ0) is 21.4. The summed E-state index contributed by atoms with van der Waals surface area (Å²) in [7, 11) is 0. The second kappa shape index (κ2) is 8.51. The van der Waals surface area contributed by atoms with Gasteiger partial charge in [-0.15, -0.1) is 0 Å². The Balaban J connectivity index is 1.37. The SMILES string of the molecule is OC[C@H]1O[C@@H](n2cnc3c(NCC4CCCC5=C4C=CC=CC5)ncnc32)[C@H](O)[C@@H]1O. The van der Waals surface area contributed by atoms with Crippen molar-refractivity contribution in [3.63, 3.8) is 0 Å². The zero-order valence-corrected chi connectivity index (χ0v) is 17.1. The fourth-order valence-corrected chi connectivity index (χ4v) is 4.78. The number of aliphatic hydroxyl groups is 3. The molecule has 4 N–H and O–H groups in total. The number of hydrogen-bond donors (Lipinski definition) is 4. The average molecular weight is 425 g/mol. The fraction of sp³-hybridized carbons (Fsp3) is 0.500. The van der Waals surface area contributed by atoms with E-state index in [1.165, 1.54) is 30.2 Å². The smallest absolute Gasteiger partial charge is 0.167 e. The number of fused-ring (bicyclic) bond motifs is 1. The Labute approximate surface area is 179 Å². The van der Waals surface area contributed by atoms with Crippen LogP contribution in [0.5, 0.6) is 0 Å². The van der Waals surface area contributed by atoms with Crippen LogP contribution in [-0.2, 0) is 4.74 Å². The molecule has 0 radical (unpaired) electrons. The standard InChI is InChI=1S/C22H27N5O4/c28-10-16-18(29)19(30)22(31-16)27-12-26-17-20(24-11-25-21(17)27)23-9-14-7-4-6-13-5-2-1-3-8-15(13)14/h1-3,8,11-12,14,16,18-19,22,28-30H,4-7,9-10H2,(H,23,24,25)/t14?,16-,18-,19-,22-/m1/s1. The van der Waals surface area contributed by atoms with E-state index in [9.17, 15) is 15.3 Å². The second-order valence-corrected chi connectivity index (χ2v) is 8.30. The quantitative estimate of drug-likeness (QED) is 0.567. The fourth-order valence-electron chi connectivity index (χ4n) is 4.78. The first-order valence-electron chi connectivity index (χ1n) is 10.8. The highest BCUT2D eigenvalue weighted by atomic mass is 16.6. The summed E-state index contributed by atoms with van der Waals surface area (Å²) in [6, 6.07) is 0. The van der Waals surface area contributed by atoms with Crippen molar-refractivity contribution >= 4 is 17.0 Å². The molecule has 3 heterocycles. The molecular weight excluding hydrogens is 398 g/mol. The van der Waals surface area contributed by atoms with Gasteiger partial charge < -0.3 is 25.4 Å². The molecule has 9 heteroatoms. The number of nitrogens with zero attached hydrogens (tertiary/aromatic N) is 4. The lowest BCUT2D eigenvalue weighted by molar-refractivity contribution is -0.0511. The van der Waals surface area contributed by atoms with Crippen molar-refractivity contribution in [1.29, 1.82) is 0 Å². The largest absolute Gasteiger partial charge is 0.394 e. The number of hydrogen-bond acceptors (Lipinski definition) is 8. The summed E-state index contributed by atoms with van der Waals surface area (Å²) in [5.41, 5.74) is 4.01. The van der Waals surface area contributed by atoms with Gasteiger partial charge in [-0.1, -0.05) is 29.9 Å². The van der Waals surface area contributed by atoms with E-state index in [1.54, 1.807) is 4.57 Å². The third kappa shape index (κ3) is 3.67. The van der Waals surface area contributed by atoms with Crippen molar-refractivity contribution in [2.75, 3.05) is 18.5 Å². The lowest BCUT2D eigenvalue weighted by Gasteiger charge is -2.27. The summed E-state index contributed by atoms with van der Waals surface area (Å²) in [5.74, 6) is 1.03. The Morgan fingerprint density at radius 1 is 1.16 bits per heavy atom. The van der Waals surface area contributed by atoms with Gasteiger partial charge in [-0.2, -0.15) is 0 Å². The zero-order valence-electron chi connectivity index (χ0n) is 17.1. The maximum Gasteiger partial charge on any atom is 0.167 e. The van der Waals surface area contributed by atoms with Crippen LogP contribution in [0.3, 0.4) is 0 Å². The van der Waals surface area contributed by atoms with Crippen LogP contribution in [0.25, 0.3) is 11.2 Å². The highest BCUT2D eigenvalue weighted by molar-refractivity contribution is 5.82. The van der Waals surface area contributed by atoms with Crippen LogP contribution in [0, 0.1) is 5.92 Å². The van der Waals surface area contributed by atoms with Crippen LogP contribution in [0.1, 0.15) is 31.9 Å². The first-order valence-corrected chi connectivity index (χ1v) is 10.8. The number of aromatic nitrogens is 4. The van der Waals surface area contributed by atoms with Gasteiger partial charge in [-0.05, 0) is 31.3 Å². The highest BCUT2D eigenvalue weighted by Crippen LogP contribution is 2.35. The predicted octanol–water partition coefficient (Wildman–Crippen LogP) is 1.46. The average Bonchev–Trinajstić information content (AvgIpc) is 3.23. The molecule has 1 fully saturated rings. The Kier molecular flexibility index (Phi) is 5.58. The van der Waals surface area contributed by atoms with Gasteiger partial charge in [0, 0.05) is 12.5 Å². The summed E-state index contributed by atoms with van der Waals surface area (Å²) in [6.07, 6.45) is 12.0. The minimum atomic E-state index is -1.19. The molecule has 5 rings (SSSR count). The molecule has 0 saturated carbocycles. The van der Waals surface area contributed by atoms with Crippen LogP contribution >= 0.6 is 0 Å². The van der Waals surface area contributed by atoms with Gasteiger partial charge in [-0.3, -0.25) is 4.57 Å². The lowest BCUT2D eigenvalue weighted by atomic mass is 9.81. The van der Waals surface area contributed by atoms with Gasteiger partial charge in [0.25, 0.3) is 0 Å². The molecular formula is C22H27N5O4. The monoisotopic (exact) mass is 425 g/mol. The molecule has 0 bridgehead atoms. The van der Waals surface area contributed by atoms with Gasteiger partial charge in [-0.25, -0.2) is 15.0 Å². The van der Waals surface area contributed by atoms with E-state index in [1.807, 2.05) is 0 Å². The first kappa shape index (κ1) is 20.3. The van der Waals surface area contributed by atoms with Gasteiger partial charge in [0.05, 0.1) is 12.9 Å². The van der Waals surface area contributed by atoms with E-state index < -0.39 is 24.5 Å². The molecule has 164 valence electrons. The molecule has 0 aromatic carbocycles. The molecule has 9 nitrogen and oxygen atoms in total. The number of nitrogens with one attached hydrogen (secondary N) is 1. The Morgan fingerprint density at radius 2 is 2.06 bits per heavy atom. The molecule has 2 aromatic rings. The molecule has 2 aromatic heterocycles. The summed E-state index contributed by atoms with van der Waals surface area (Å²) >= 11 is 0. The molecule has 0 amide bonds. The third-order valence-corrected chi connectivity index (χ3v) is 6.43. The Morgan fingerprint density at radius 3 is 2.90 bits per heavy atom. The van der Waals surface area contributed by atoms with E-state index in [2.05, 4.69) is 44.6 Å². The van der Waals surface area contributed by atoms with Gasteiger partial charge >= 0.3 is 0 Å². The first-order chi connectivity index (χ1) is 15.2. The van der Waals surface area contributed by atoms with Crippen LogP contribution in [0.15, 0.2) is 48.1 Å². The molecule has 0 spiro atoms. The van der Waals surface area contributed by atoms with Crippen molar-refractivity contribution in [1.82, 2.24) is 19.5 Å². The van der Waals surface area contributed by atoms with Crippen molar-refractivity contribution < 1.29 is 20.1 Å². The van der Waals surface area contributed by atoms with Crippen molar-refractivity contribution in [2.24, 2.45) is 5.92 Å². The lowest BCUT2D eigenvalue weighted by Crippen LogP contribution is -2.33. The van der Waals surface area contributed by atoms with E-state index >= 15 is 0 Å². The van der Waals surface area contributed by atoms with Crippen molar-refractivity contribution in [3.05, 3.63) is 48.1 Å². The van der Waals surface area contributed by atoms with Crippen LogP contribution < -0.4 is 5.32 Å². The molecule has 5 atom stereocenters. The molecule has 31 heavy (non-hydrogen) atoms. The van der Waals surface area contributed by atoms with Crippen molar-refractivity contribution in [3.8, 4) is 0 Å². The molecule has 2 aliphatic carbocycles. The topological polar surface area (TPSA) is 126 Å². The van der Waals surface area contributed by atoms with E-state index in [0.29, 0.717) is 22.9 Å². The minimum Gasteiger partial charge on any atom is -0.394 e. The predicted molar refractivity (Wildman–Crippen MR) is 114 cm³/mol. The number of ether oxygens (including phenoxy) is 1. The summed E-state index contributed by atoms with van der Waals surface area (Å²) in [4.78, 5) is 13.1. The molecule has 1 aliphatic heterocycles. The second-order valence-electron chi connectivity index (χ2n) is 8.30. The van der Waals surface area contributed by atoms with E-state index in [-0.39, 0.29) is 6.61 Å². The number of anilines is 1. The van der Waals surface area contributed by atoms with E-state index in [4.69, 9.17) is 4.74 Å². The van der Waals surface area contributed by atoms with Crippen LogP contribution in [0.4, 0.5) is 5.82 Å². The van der Waals surface area contributed by atoms with Crippen LogP contribution in [-0.4, -0.2) is 66.3 Å². The molecule has 3 aliphatic rings. The minimum absolute atomic E-state index is 0.383. The number of allylic oxidation sites excluding steroid dienone is 5. The van der Waals surface area contributed by atoms with Gasteiger partial charge in [0.15, 0.2) is 23.2 Å². The number of rotatable bonds is 5. The molecule has 1 unspecified atom stereocenters. The maximum absolute atomic E-state index is 10.4. The summed E-state index contributed by atoms with van der Waals surface area (Å²) in [6.45, 7) is 0.363. The highest BCUT2D eigenvalue weighted by Gasteiger charge is 2.44. The normalized spacial score (nSPS) is 30.6. The Bertz CT molecular complexity index is 1050. The number of aliphatic hydroxyl groups excluding tert-OH is 3. The third-order valence-electron chi connectivity index (χ3n) is 6.43. The Hall–Kier alpha value is -2.59. The van der Waals surface area contributed by atoms with Crippen LogP contribution in [0.2, 0.25) is 0 Å². The maximum atomic E-state index is 10.4. The van der Waals surface area contributed by atoms with Gasteiger partial charge in [0.2, 0.25) is 0 Å². The van der Waals surface area contributed by atoms with Gasteiger partial charge in [0.1, 0.15) is 24.6 Å². The summed E-state index contributed by atoms with van der Waals surface area (Å²) in [5, 5.41) is 33.2. The van der Waals surface area contributed by atoms with Crippen molar-refractivity contribution in [2.45, 2.75) is 50.2 Å². The number of imidazole rings is 1. The van der Waals surface area contributed by atoms with E-state index in [0.717, 1.165) is 25.8 Å². The summed E-state index contributed by atoms with van der Waals surface area (Å²) < 4.78 is 7.20. The molecule has 1 saturated heterocycles.